The number of hydrogen-bond acceptors (Lipinski definition) is 8. The van der Waals surface area contributed by atoms with Gasteiger partial charge in [0.15, 0.2) is 5.82 Å². The lowest BCUT2D eigenvalue weighted by molar-refractivity contribution is -0.134. The number of anilines is 1. The Kier molecular flexibility index (Phi) is 6.66. The van der Waals surface area contributed by atoms with Gasteiger partial charge in [-0.15, -0.1) is 11.3 Å². The topological polar surface area (TPSA) is 74.7 Å². The number of ether oxygens (including phenoxy) is 1. The highest BCUT2D eigenvalue weighted by molar-refractivity contribution is 7.15. The summed E-state index contributed by atoms with van der Waals surface area (Å²) in [5, 5.41) is 0.980. The Hall–Kier alpha value is -3.11. The number of carbonyl (C=O) groups excluding carboxylic acids is 1. The first-order valence-corrected chi connectivity index (χ1v) is 12.6. The zero-order chi connectivity index (χ0) is 24.5. The molecule has 8 nitrogen and oxygen atoms in total. The van der Waals surface area contributed by atoms with Gasteiger partial charge in [0.1, 0.15) is 10.8 Å². The molecule has 4 heterocycles. The summed E-state index contributed by atoms with van der Waals surface area (Å²) in [6.45, 7) is 7.26. The van der Waals surface area contributed by atoms with Crippen molar-refractivity contribution in [2.45, 2.75) is 38.9 Å². The van der Waals surface area contributed by atoms with Crippen LogP contribution in [0.4, 0.5) is 10.3 Å². The van der Waals surface area contributed by atoms with E-state index in [9.17, 15) is 9.18 Å². The van der Waals surface area contributed by atoms with Crippen molar-refractivity contribution in [3.8, 4) is 16.3 Å². The summed E-state index contributed by atoms with van der Waals surface area (Å²) in [4.78, 5) is 33.8. The summed E-state index contributed by atoms with van der Waals surface area (Å²) >= 11 is 1.66. The molecule has 0 saturated carbocycles. The molecule has 1 aromatic carbocycles. The molecule has 0 radical (unpaired) electrons. The Balaban J connectivity index is 1.21. The molecule has 2 aliphatic rings. The molecule has 3 aromatic rings. The zero-order valence-corrected chi connectivity index (χ0v) is 21.0. The largest absolute Gasteiger partial charge is 0.497 e. The maximum Gasteiger partial charge on any atom is 0.237 e. The highest BCUT2D eigenvalue weighted by Gasteiger charge is 2.34. The number of rotatable bonds is 5. The van der Waals surface area contributed by atoms with E-state index in [1.165, 1.54) is 12.4 Å². The fourth-order valence-electron chi connectivity index (χ4n) is 4.82. The van der Waals surface area contributed by atoms with Crippen LogP contribution in [0.15, 0.2) is 36.7 Å². The van der Waals surface area contributed by atoms with E-state index in [0.717, 1.165) is 33.3 Å². The van der Waals surface area contributed by atoms with Gasteiger partial charge < -0.3 is 14.5 Å². The molecule has 0 bridgehead atoms. The van der Waals surface area contributed by atoms with Crippen molar-refractivity contribution in [3.63, 3.8) is 0 Å². The molecule has 5 rings (SSSR count). The Morgan fingerprint density at radius 2 is 1.83 bits per heavy atom. The second-order valence-electron chi connectivity index (χ2n) is 9.16. The van der Waals surface area contributed by atoms with Gasteiger partial charge in [-0.05, 0) is 38.1 Å². The Labute approximate surface area is 208 Å². The van der Waals surface area contributed by atoms with Crippen LogP contribution in [0, 0.1) is 5.82 Å². The van der Waals surface area contributed by atoms with Crippen molar-refractivity contribution < 1.29 is 13.9 Å². The molecular formula is C25H29FN6O2S. The van der Waals surface area contributed by atoms with Gasteiger partial charge >= 0.3 is 0 Å². The third-order valence-corrected chi connectivity index (χ3v) is 7.86. The molecule has 0 spiro atoms. The molecule has 0 aliphatic carbocycles. The van der Waals surface area contributed by atoms with Gasteiger partial charge in [-0.2, -0.15) is 0 Å². The average molecular weight is 497 g/mol. The first kappa shape index (κ1) is 23.6. The number of nitrogens with zero attached hydrogens (tertiary/aromatic N) is 6. The van der Waals surface area contributed by atoms with Crippen molar-refractivity contribution in [1.82, 2.24) is 24.8 Å². The summed E-state index contributed by atoms with van der Waals surface area (Å²) in [6.07, 6.45) is 3.16. The highest BCUT2D eigenvalue weighted by Crippen LogP contribution is 2.32. The Bertz CT molecular complexity index is 1170. The summed E-state index contributed by atoms with van der Waals surface area (Å²) in [6, 6.07) is 8.20. The van der Waals surface area contributed by atoms with Crippen LogP contribution in [-0.4, -0.2) is 76.0 Å². The van der Waals surface area contributed by atoms with Crippen molar-refractivity contribution >= 4 is 23.2 Å². The summed E-state index contributed by atoms with van der Waals surface area (Å²) in [7, 11) is 1.66. The van der Waals surface area contributed by atoms with E-state index in [1.807, 2.05) is 29.2 Å². The molecule has 2 aliphatic heterocycles. The SMILES string of the molecule is COc1ccc(-c2nc3c(s2)CN(C(=O)CN2C(C)CN(c4ncc(F)cn4)CC2C)CC3)cc1. The summed E-state index contributed by atoms with van der Waals surface area (Å²) < 4.78 is 18.4. The van der Waals surface area contributed by atoms with Crippen LogP contribution in [-0.2, 0) is 17.8 Å². The molecule has 2 atom stereocenters. The minimum absolute atomic E-state index is 0.139. The molecule has 2 unspecified atom stereocenters. The summed E-state index contributed by atoms with van der Waals surface area (Å²) in [5.74, 6) is 1.04. The quantitative estimate of drug-likeness (QED) is 0.537. The van der Waals surface area contributed by atoms with Crippen molar-refractivity contribution in [2.24, 2.45) is 0 Å². The lowest BCUT2D eigenvalue weighted by Crippen LogP contribution is -2.59. The standard InChI is InChI=1S/C25H29FN6O2S/c1-16-12-31(25-27-10-19(26)11-28-25)13-17(2)32(16)15-23(33)30-9-8-21-22(14-30)35-24(29-21)18-4-6-20(34-3)7-5-18/h4-7,10-11,16-17H,8-9,12-15H2,1-3H3. The van der Waals surface area contributed by atoms with E-state index in [1.54, 1.807) is 18.4 Å². The highest BCUT2D eigenvalue weighted by atomic mass is 32.1. The number of piperazine rings is 1. The van der Waals surface area contributed by atoms with Crippen LogP contribution in [0.5, 0.6) is 5.75 Å². The van der Waals surface area contributed by atoms with Crippen LogP contribution in [0.3, 0.4) is 0 Å². The third-order valence-electron chi connectivity index (χ3n) is 6.73. The van der Waals surface area contributed by atoms with Crippen LogP contribution >= 0.6 is 11.3 Å². The molecule has 1 amide bonds. The number of amides is 1. The number of methoxy groups -OCH3 is 1. The average Bonchev–Trinajstić information content (AvgIpc) is 3.30. The Morgan fingerprint density at radius 1 is 1.14 bits per heavy atom. The Morgan fingerprint density at radius 3 is 2.49 bits per heavy atom. The van der Waals surface area contributed by atoms with Crippen LogP contribution in [0.2, 0.25) is 0 Å². The van der Waals surface area contributed by atoms with Gasteiger partial charge in [0.05, 0.1) is 38.3 Å². The first-order valence-electron chi connectivity index (χ1n) is 11.8. The van der Waals surface area contributed by atoms with Gasteiger partial charge in [0.2, 0.25) is 11.9 Å². The van der Waals surface area contributed by atoms with E-state index < -0.39 is 5.82 Å². The normalized spacial score (nSPS) is 20.6. The lowest BCUT2D eigenvalue weighted by atomic mass is 10.1. The van der Waals surface area contributed by atoms with Gasteiger partial charge in [-0.3, -0.25) is 9.69 Å². The maximum absolute atomic E-state index is 13.3. The third kappa shape index (κ3) is 4.99. The van der Waals surface area contributed by atoms with Crippen molar-refractivity contribution in [2.75, 3.05) is 38.2 Å². The number of hydrogen-bond donors (Lipinski definition) is 0. The van der Waals surface area contributed by atoms with Gasteiger partial charge in [-0.25, -0.2) is 19.3 Å². The monoisotopic (exact) mass is 496 g/mol. The predicted molar refractivity (Wildman–Crippen MR) is 133 cm³/mol. The second-order valence-corrected chi connectivity index (χ2v) is 10.2. The molecule has 2 aromatic heterocycles. The number of fused-ring (bicyclic) bond motifs is 1. The lowest BCUT2D eigenvalue weighted by Gasteiger charge is -2.44. The molecule has 10 heteroatoms. The smallest absolute Gasteiger partial charge is 0.237 e. The molecule has 1 fully saturated rings. The summed E-state index contributed by atoms with van der Waals surface area (Å²) in [5.41, 5.74) is 2.16. The van der Waals surface area contributed by atoms with Crippen LogP contribution in [0.1, 0.15) is 24.4 Å². The number of carbonyl (C=O) groups is 1. The van der Waals surface area contributed by atoms with E-state index in [0.29, 0.717) is 38.7 Å². The second kappa shape index (κ2) is 9.87. The number of benzene rings is 1. The van der Waals surface area contributed by atoms with Gasteiger partial charge in [0.25, 0.3) is 0 Å². The zero-order valence-electron chi connectivity index (χ0n) is 20.1. The van der Waals surface area contributed by atoms with Gasteiger partial charge in [0, 0.05) is 48.6 Å². The molecule has 0 N–H and O–H groups in total. The fraction of sp³-hybridized carbons (Fsp3) is 0.440. The maximum atomic E-state index is 13.3. The van der Waals surface area contributed by atoms with Crippen molar-refractivity contribution in [1.29, 1.82) is 0 Å². The van der Waals surface area contributed by atoms with E-state index >= 15 is 0 Å². The predicted octanol–water partition coefficient (Wildman–Crippen LogP) is 3.23. The van der Waals surface area contributed by atoms with Crippen LogP contribution in [0.25, 0.3) is 10.6 Å². The van der Waals surface area contributed by atoms with Crippen molar-refractivity contribution in [3.05, 3.63) is 53.0 Å². The minimum atomic E-state index is -0.444. The first-order chi connectivity index (χ1) is 16.9. The number of aromatic nitrogens is 3. The van der Waals surface area contributed by atoms with Crippen LogP contribution < -0.4 is 9.64 Å². The number of halogens is 1. The molecule has 35 heavy (non-hydrogen) atoms. The molecular weight excluding hydrogens is 467 g/mol. The minimum Gasteiger partial charge on any atom is -0.497 e. The molecule has 1 saturated heterocycles. The molecule has 184 valence electrons. The number of thiazole rings is 1. The fourth-order valence-corrected chi connectivity index (χ4v) is 5.95. The van der Waals surface area contributed by atoms with Gasteiger partial charge in [-0.1, -0.05) is 0 Å². The van der Waals surface area contributed by atoms with E-state index in [2.05, 4.69) is 33.6 Å². The van der Waals surface area contributed by atoms with E-state index in [-0.39, 0.29) is 18.0 Å². The van der Waals surface area contributed by atoms with E-state index in [4.69, 9.17) is 9.72 Å².